The van der Waals surface area contributed by atoms with Crippen molar-refractivity contribution in [2.24, 2.45) is 0 Å². The van der Waals surface area contributed by atoms with Gasteiger partial charge in [-0.3, -0.25) is 10.1 Å². The number of thiazole rings is 1. The second-order valence-electron chi connectivity index (χ2n) is 5.21. The quantitative estimate of drug-likeness (QED) is 0.752. The normalized spacial score (nSPS) is 10.7. The van der Waals surface area contributed by atoms with Gasteiger partial charge in [0.25, 0.3) is 5.91 Å². The Labute approximate surface area is 143 Å². The fraction of sp³-hybridized carbons (Fsp3) is 0.176. The Morgan fingerprint density at radius 2 is 2.13 bits per heavy atom. The highest BCUT2D eigenvalue weighted by Gasteiger charge is 2.11. The number of nitrogens with one attached hydrogen (secondary N) is 1. The molecule has 2 aromatic carbocycles. The van der Waals surface area contributed by atoms with E-state index in [0.717, 1.165) is 15.8 Å². The van der Waals surface area contributed by atoms with Crippen LogP contribution in [0.5, 0.6) is 5.75 Å². The van der Waals surface area contributed by atoms with Gasteiger partial charge in [0.1, 0.15) is 11.3 Å². The van der Waals surface area contributed by atoms with Crippen LogP contribution in [0.15, 0.2) is 36.4 Å². The molecule has 0 spiro atoms. The summed E-state index contributed by atoms with van der Waals surface area (Å²) >= 11 is 7.47. The van der Waals surface area contributed by atoms with Crippen LogP contribution >= 0.6 is 22.9 Å². The number of carbonyl (C=O) groups excluding carboxylic acids is 1. The van der Waals surface area contributed by atoms with E-state index in [0.29, 0.717) is 21.4 Å². The number of halogens is 1. The lowest BCUT2D eigenvalue weighted by Crippen LogP contribution is -2.20. The summed E-state index contributed by atoms with van der Waals surface area (Å²) in [6.07, 6.45) is 0. The number of aromatic nitrogens is 1. The molecule has 1 N–H and O–H groups in total. The maximum Gasteiger partial charge on any atom is 0.264 e. The molecule has 0 fully saturated rings. The van der Waals surface area contributed by atoms with Crippen molar-refractivity contribution in [2.75, 3.05) is 11.9 Å². The molecule has 6 heteroatoms. The molecular formula is C17H15ClN2O2S. The molecule has 0 unspecified atom stereocenters. The Balaban J connectivity index is 1.65. The minimum atomic E-state index is -0.250. The van der Waals surface area contributed by atoms with Gasteiger partial charge in [0.05, 0.1) is 9.72 Å². The van der Waals surface area contributed by atoms with Gasteiger partial charge in [-0.15, -0.1) is 0 Å². The van der Waals surface area contributed by atoms with E-state index >= 15 is 0 Å². The molecule has 23 heavy (non-hydrogen) atoms. The summed E-state index contributed by atoms with van der Waals surface area (Å²) < 4.78 is 6.50. The fourth-order valence-corrected chi connectivity index (χ4v) is 3.41. The SMILES string of the molecule is Cc1ccc(OCC(=O)Nc2nc3c(Cl)cccc3s2)c(C)c1. The van der Waals surface area contributed by atoms with E-state index in [4.69, 9.17) is 16.3 Å². The van der Waals surface area contributed by atoms with Gasteiger partial charge in [-0.1, -0.05) is 46.7 Å². The average Bonchev–Trinajstić information content (AvgIpc) is 2.90. The second kappa shape index (κ2) is 6.56. The zero-order valence-electron chi connectivity index (χ0n) is 12.7. The molecule has 4 nitrogen and oxygen atoms in total. The van der Waals surface area contributed by atoms with Crippen LogP contribution in [0.4, 0.5) is 5.13 Å². The molecule has 3 aromatic rings. The van der Waals surface area contributed by atoms with Gasteiger partial charge in [0, 0.05) is 0 Å². The number of rotatable bonds is 4. The predicted octanol–water partition coefficient (Wildman–Crippen LogP) is 4.58. The molecule has 0 atom stereocenters. The summed E-state index contributed by atoms with van der Waals surface area (Å²) in [5.41, 5.74) is 2.86. The first-order valence-corrected chi connectivity index (χ1v) is 8.27. The molecule has 0 aliphatic carbocycles. The van der Waals surface area contributed by atoms with Crippen molar-refractivity contribution < 1.29 is 9.53 Å². The monoisotopic (exact) mass is 346 g/mol. The van der Waals surface area contributed by atoms with Crippen LogP contribution < -0.4 is 10.1 Å². The minimum absolute atomic E-state index is 0.0619. The van der Waals surface area contributed by atoms with Crippen molar-refractivity contribution in [2.45, 2.75) is 13.8 Å². The highest BCUT2D eigenvalue weighted by Crippen LogP contribution is 2.30. The summed E-state index contributed by atoms with van der Waals surface area (Å²) in [6.45, 7) is 3.91. The van der Waals surface area contributed by atoms with Crippen LogP contribution in [0.1, 0.15) is 11.1 Å². The van der Waals surface area contributed by atoms with Gasteiger partial charge in [0.2, 0.25) is 0 Å². The van der Waals surface area contributed by atoms with E-state index in [1.165, 1.54) is 11.3 Å². The molecule has 0 saturated heterocycles. The lowest BCUT2D eigenvalue weighted by molar-refractivity contribution is -0.118. The molecule has 1 amide bonds. The molecule has 0 saturated carbocycles. The number of benzene rings is 2. The number of ether oxygens (including phenoxy) is 1. The average molecular weight is 347 g/mol. The van der Waals surface area contributed by atoms with Crippen LogP contribution in [0.3, 0.4) is 0 Å². The summed E-state index contributed by atoms with van der Waals surface area (Å²) in [7, 11) is 0. The molecule has 1 aromatic heterocycles. The maximum absolute atomic E-state index is 12.0. The first kappa shape index (κ1) is 15.8. The van der Waals surface area contributed by atoms with Gasteiger partial charge in [-0.25, -0.2) is 4.98 Å². The minimum Gasteiger partial charge on any atom is -0.483 e. The van der Waals surface area contributed by atoms with E-state index in [2.05, 4.69) is 10.3 Å². The molecule has 1 heterocycles. The van der Waals surface area contributed by atoms with E-state index < -0.39 is 0 Å². The van der Waals surface area contributed by atoms with Gasteiger partial charge >= 0.3 is 0 Å². The number of hydrogen-bond acceptors (Lipinski definition) is 4. The number of anilines is 1. The number of para-hydroxylation sites is 1. The molecule has 0 aliphatic heterocycles. The smallest absolute Gasteiger partial charge is 0.264 e. The topological polar surface area (TPSA) is 51.2 Å². The number of nitrogens with zero attached hydrogens (tertiary/aromatic N) is 1. The van der Waals surface area contributed by atoms with Crippen LogP contribution in [0, 0.1) is 13.8 Å². The highest BCUT2D eigenvalue weighted by molar-refractivity contribution is 7.22. The van der Waals surface area contributed by atoms with Crippen molar-refractivity contribution in [3.05, 3.63) is 52.5 Å². The first-order valence-electron chi connectivity index (χ1n) is 7.08. The van der Waals surface area contributed by atoms with Crippen LogP contribution in [0.25, 0.3) is 10.2 Å². The molecule has 0 radical (unpaired) electrons. The van der Waals surface area contributed by atoms with Gasteiger partial charge in [-0.2, -0.15) is 0 Å². The lowest BCUT2D eigenvalue weighted by Gasteiger charge is -2.09. The van der Waals surface area contributed by atoms with E-state index in [1.807, 2.05) is 44.2 Å². The number of fused-ring (bicyclic) bond motifs is 1. The molecule has 3 rings (SSSR count). The number of aryl methyl sites for hydroxylation is 2. The summed E-state index contributed by atoms with van der Waals surface area (Å²) in [6, 6.07) is 11.4. The summed E-state index contributed by atoms with van der Waals surface area (Å²) in [5, 5.41) is 3.84. The Morgan fingerprint density at radius 3 is 2.87 bits per heavy atom. The summed E-state index contributed by atoms with van der Waals surface area (Å²) in [5.74, 6) is 0.457. The van der Waals surface area contributed by atoms with Crippen molar-refractivity contribution in [1.29, 1.82) is 0 Å². The van der Waals surface area contributed by atoms with Crippen LogP contribution in [-0.2, 0) is 4.79 Å². The van der Waals surface area contributed by atoms with Crippen LogP contribution in [-0.4, -0.2) is 17.5 Å². The second-order valence-corrected chi connectivity index (χ2v) is 6.65. The van der Waals surface area contributed by atoms with Gasteiger partial charge in [-0.05, 0) is 37.6 Å². The highest BCUT2D eigenvalue weighted by atomic mass is 35.5. The third-order valence-corrected chi connectivity index (χ3v) is 4.55. The van der Waals surface area contributed by atoms with E-state index in [1.54, 1.807) is 6.07 Å². The summed E-state index contributed by atoms with van der Waals surface area (Å²) in [4.78, 5) is 16.4. The van der Waals surface area contributed by atoms with Crippen LogP contribution in [0.2, 0.25) is 5.02 Å². The van der Waals surface area contributed by atoms with Crippen molar-refractivity contribution >= 4 is 44.2 Å². The van der Waals surface area contributed by atoms with Crippen molar-refractivity contribution in [3.63, 3.8) is 0 Å². The zero-order chi connectivity index (χ0) is 16.4. The third-order valence-electron chi connectivity index (χ3n) is 3.31. The Morgan fingerprint density at radius 1 is 1.30 bits per heavy atom. The largest absolute Gasteiger partial charge is 0.483 e. The lowest BCUT2D eigenvalue weighted by atomic mass is 10.1. The van der Waals surface area contributed by atoms with E-state index in [-0.39, 0.29) is 12.5 Å². The predicted molar refractivity (Wildman–Crippen MR) is 94.7 cm³/mol. The number of hydrogen-bond donors (Lipinski definition) is 1. The Bertz CT molecular complexity index is 876. The fourth-order valence-electron chi connectivity index (χ4n) is 2.23. The first-order chi connectivity index (χ1) is 11.0. The van der Waals surface area contributed by atoms with Gasteiger partial charge in [0.15, 0.2) is 11.7 Å². The number of carbonyl (C=O) groups is 1. The van der Waals surface area contributed by atoms with Crippen molar-refractivity contribution in [3.8, 4) is 5.75 Å². The zero-order valence-corrected chi connectivity index (χ0v) is 14.3. The maximum atomic E-state index is 12.0. The molecular weight excluding hydrogens is 332 g/mol. The standard InChI is InChI=1S/C17H15ClN2O2S/c1-10-6-7-13(11(2)8-10)22-9-15(21)19-17-20-16-12(18)4-3-5-14(16)23-17/h3-8H,9H2,1-2H3,(H,19,20,21). The number of amides is 1. The Kier molecular flexibility index (Phi) is 4.50. The molecule has 0 bridgehead atoms. The van der Waals surface area contributed by atoms with Crippen molar-refractivity contribution in [1.82, 2.24) is 4.98 Å². The third kappa shape index (κ3) is 3.63. The Hall–Kier alpha value is -2.11. The molecule has 0 aliphatic rings. The van der Waals surface area contributed by atoms with Gasteiger partial charge < -0.3 is 4.74 Å². The molecule has 118 valence electrons. The van der Waals surface area contributed by atoms with E-state index in [9.17, 15) is 4.79 Å².